The highest BCUT2D eigenvalue weighted by atomic mass is 19.4. The van der Waals surface area contributed by atoms with Crippen LogP contribution in [0.1, 0.15) is 12.0 Å². The van der Waals surface area contributed by atoms with E-state index in [4.69, 9.17) is 0 Å². The molecule has 3 rings (SSSR count). The molecule has 22 heavy (non-hydrogen) atoms. The monoisotopic (exact) mass is 312 g/mol. The minimum Gasteiger partial charge on any atom is -0.338 e. The molecule has 2 N–H and O–H groups in total. The Labute approximate surface area is 124 Å². The van der Waals surface area contributed by atoms with Crippen LogP contribution in [0.2, 0.25) is 0 Å². The molecular weight excluding hydrogens is 297 g/mol. The number of anilines is 1. The Bertz CT molecular complexity index is 710. The molecule has 5 nitrogen and oxygen atoms in total. The summed E-state index contributed by atoms with van der Waals surface area (Å²) in [4.78, 5) is 15.9. The predicted octanol–water partition coefficient (Wildman–Crippen LogP) is 2.96. The van der Waals surface area contributed by atoms with Gasteiger partial charge >= 0.3 is 12.2 Å². The summed E-state index contributed by atoms with van der Waals surface area (Å²) in [5, 5.41) is 5.10. The van der Waals surface area contributed by atoms with Gasteiger partial charge in [0.2, 0.25) is 0 Å². The maximum absolute atomic E-state index is 12.4. The average Bonchev–Trinajstić information content (AvgIpc) is 3.06. The largest absolute Gasteiger partial charge is 0.392 e. The number of hydrogen-bond donors (Lipinski definition) is 2. The lowest BCUT2D eigenvalue weighted by molar-refractivity contribution is -0.150. The minimum atomic E-state index is -4.16. The van der Waals surface area contributed by atoms with Gasteiger partial charge in [0.05, 0.1) is 11.6 Å². The number of pyridine rings is 1. The van der Waals surface area contributed by atoms with Crippen molar-refractivity contribution in [1.82, 2.24) is 14.7 Å². The van der Waals surface area contributed by atoms with Gasteiger partial charge in [0.25, 0.3) is 0 Å². The first-order valence-corrected chi connectivity index (χ1v) is 6.89. The fraction of sp³-hybridized carbons (Fsp3) is 0.429. The number of imidazole rings is 1. The molecule has 118 valence electrons. The predicted molar refractivity (Wildman–Crippen MR) is 74.6 cm³/mol. The van der Waals surface area contributed by atoms with Crippen molar-refractivity contribution in [1.29, 1.82) is 0 Å². The van der Waals surface area contributed by atoms with E-state index in [0.717, 1.165) is 11.2 Å². The van der Waals surface area contributed by atoms with Crippen LogP contribution in [0.3, 0.4) is 0 Å². The van der Waals surface area contributed by atoms with Crippen molar-refractivity contribution < 1.29 is 18.0 Å². The van der Waals surface area contributed by atoms with Gasteiger partial charge in [-0.15, -0.1) is 0 Å². The van der Waals surface area contributed by atoms with Gasteiger partial charge in [-0.05, 0) is 30.9 Å². The zero-order valence-corrected chi connectivity index (χ0v) is 11.8. The van der Waals surface area contributed by atoms with Gasteiger partial charge in [-0.1, -0.05) is 0 Å². The number of halogens is 3. The first-order valence-electron chi connectivity index (χ1n) is 6.89. The first-order chi connectivity index (χ1) is 10.3. The lowest BCUT2D eigenvalue weighted by Crippen LogP contribution is -2.31. The summed E-state index contributed by atoms with van der Waals surface area (Å²) in [6, 6.07) is 1.25. The van der Waals surface area contributed by atoms with Crippen molar-refractivity contribution in [3.63, 3.8) is 0 Å². The van der Waals surface area contributed by atoms with E-state index in [1.165, 1.54) is 0 Å². The second-order valence-electron chi connectivity index (χ2n) is 5.55. The number of urea groups is 1. The Morgan fingerprint density at radius 3 is 2.95 bits per heavy atom. The van der Waals surface area contributed by atoms with Gasteiger partial charge in [-0.3, -0.25) is 0 Å². The summed E-state index contributed by atoms with van der Waals surface area (Å²) < 4.78 is 38.9. The van der Waals surface area contributed by atoms with E-state index in [-0.39, 0.29) is 13.0 Å². The highest BCUT2D eigenvalue weighted by molar-refractivity contribution is 5.89. The molecule has 1 fully saturated rings. The van der Waals surface area contributed by atoms with E-state index in [1.54, 1.807) is 29.1 Å². The van der Waals surface area contributed by atoms with Gasteiger partial charge in [-0.2, -0.15) is 13.2 Å². The Morgan fingerprint density at radius 1 is 1.50 bits per heavy atom. The fourth-order valence-corrected chi connectivity index (χ4v) is 2.55. The molecule has 8 heteroatoms. The number of amides is 2. The van der Waals surface area contributed by atoms with Crippen molar-refractivity contribution >= 4 is 17.4 Å². The molecule has 0 bridgehead atoms. The Balaban J connectivity index is 1.55. The second-order valence-corrected chi connectivity index (χ2v) is 5.55. The number of carbonyl (C=O) groups is 1. The van der Waals surface area contributed by atoms with Crippen LogP contribution in [0.15, 0.2) is 24.7 Å². The van der Waals surface area contributed by atoms with Crippen LogP contribution in [0.5, 0.6) is 0 Å². The van der Waals surface area contributed by atoms with E-state index < -0.39 is 24.0 Å². The molecule has 2 aromatic heterocycles. The molecule has 2 heterocycles. The number of alkyl halides is 3. The summed E-state index contributed by atoms with van der Waals surface area (Å²) >= 11 is 0. The Hall–Kier alpha value is -2.25. The Morgan fingerprint density at radius 2 is 2.27 bits per heavy atom. The van der Waals surface area contributed by atoms with Crippen LogP contribution >= 0.6 is 0 Å². The van der Waals surface area contributed by atoms with Gasteiger partial charge in [-0.25, -0.2) is 9.78 Å². The van der Waals surface area contributed by atoms with Gasteiger partial charge in [0, 0.05) is 25.1 Å². The second kappa shape index (κ2) is 5.19. The quantitative estimate of drug-likeness (QED) is 0.915. The first kappa shape index (κ1) is 14.7. The number of carbonyl (C=O) groups excluding carboxylic acids is 1. The molecule has 0 saturated heterocycles. The third-order valence-corrected chi connectivity index (χ3v) is 3.80. The molecule has 0 aliphatic heterocycles. The lowest BCUT2D eigenvalue weighted by atomic mass is 10.3. The van der Waals surface area contributed by atoms with Crippen LogP contribution in [-0.2, 0) is 0 Å². The maximum Gasteiger partial charge on any atom is 0.392 e. The summed E-state index contributed by atoms with van der Waals surface area (Å²) in [6.07, 6.45) is 1.03. The maximum atomic E-state index is 12.4. The standard InChI is InChI=1S/C14H15F3N4O/c1-8-4-10(7-21-3-2-18-12(8)21)20-13(22)19-6-9-5-11(9)14(15,16)17/h2-4,7,9,11H,5-6H2,1H3,(H2,19,20,22)/t9-,11+/m0/s1. The number of aromatic nitrogens is 2. The molecular formula is C14H15F3N4O. The summed E-state index contributed by atoms with van der Waals surface area (Å²) in [5.74, 6) is -1.79. The number of nitrogens with zero attached hydrogens (tertiary/aromatic N) is 2. The normalized spacial score (nSPS) is 20.9. The molecule has 1 aliphatic carbocycles. The van der Waals surface area contributed by atoms with Crippen LogP contribution in [-0.4, -0.2) is 28.1 Å². The number of hydrogen-bond acceptors (Lipinski definition) is 2. The van der Waals surface area contributed by atoms with E-state index in [0.29, 0.717) is 5.69 Å². The lowest BCUT2D eigenvalue weighted by Gasteiger charge is -2.10. The minimum absolute atomic E-state index is 0.0301. The molecule has 2 aromatic rings. The van der Waals surface area contributed by atoms with Crippen LogP contribution in [0, 0.1) is 18.8 Å². The molecule has 1 saturated carbocycles. The van der Waals surface area contributed by atoms with E-state index in [9.17, 15) is 18.0 Å². The molecule has 0 spiro atoms. The highest BCUT2D eigenvalue weighted by Gasteiger charge is 2.55. The topological polar surface area (TPSA) is 58.4 Å². The van der Waals surface area contributed by atoms with Crippen molar-refractivity contribution in [2.24, 2.45) is 11.8 Å². The van der Waals surface area contributed by atoms with Crippen molar-refractivity contribution in [3.8, 4) is 0 Å². The molecule has 0 aromatic carbocycles. The number of nitrogens with one attached hydrogen (secondary N) is 2. The van der Waals surface area contributed by atoms with E-state index in [1.807, 2.05) is 6.92 Å². The van der Waals surface area contributed by atoms with Gasteiger partial charge in [0.15, 0.2) is 0 Å². The third kappa shape index (κ3) is 3.00. The van der Waals surface area contributed by atoms with Crippen molar-refractivity contribution in [2.45, 2.75) is 19.5 Å². The number of fused-ring (bicyclic) bond motifs is 1. The van der Waals surface area contributed by atoms with Crippen molar-refractivity contribution in [3.05, 3.63) is 30.2 Å². The smallest absolute Gasteiger partial charge is 0.338 e. The average molecular weight is 312 g/mol. The zero-order valence-electron chi connectivity index (χ0n) is 11.8. The third-order valence-electron chi connectivity index (χ3n) is 3.80. The molecule has 2 amide bonds. The fourth-order valence-electron chi connectivity index (χ4n) is 2.55. The number of rotatable bonds is 3. The molecule has 1 aliphatic rings. The van der Waals surface area contributed by atoms with Gasteiger partial charge < -0.3 is 15.0 Å². The summed E-state index contributed by atoms with van der Waals surface area (Å²) in [6.45, 7) is 1.89. The summed E-state index contributed by atoms with van der Waals surface area (Å²) in [5.41, 5.74) is 2.24. The highest BCUT2D eigenvalue weighted by Crippen LogP contribution is 2.49. The summed E-state index contributed by atoms with van der Waals surface area (Å²) in [7, 11) is 0. The van der Waals surface area contributed by atoms with Gasteiger partial charge in [0.1, 0.15) is 5.65 Å². The van der Waals surface area contributed by atoms with E-state index >= 15 is 0 Å². The van der Waals surface area contributed by atoms with Crippen LogP contribution < -0.4 is 10.6 Å². The molecule has 0 unspecified atom stereocenters. The molecule has 0 radical (unpaired) electrons. The SMILES string of the molecule is Cc1cc(NC(=O)NC[C@@H]2C[C@H]2C(F)(F)F)cn2ccnc12. The number of aryl methyl sites for hydroxylation is 1. The van der Waals surface area contributed by atoms with Crippen LogP contribution in [0.25, 0.3) is 5.65 Å². The zero-order chi connectivity index (χ0) is 15.9. The Kier molecular flexibility index (Phi) is 3.46. The van der Waals surface area contributed by atoms with Crippen LogP contribution in [0.4, 0.5) is 23.7 Å². The molecule has 2 atom stereocenters. The van der Waals surface area contributed by atoms with Crippen molar-refractivity contribution in [2.75, 3.05) is 11.9 Å². The van der Waals surface area contributed by atoms with E-state index in [2.05, 4.69) is 15.6 Å².